The molecule has 1 saturated carbocycles. The van der Waals surface area contributed by atoms with Gasteiger partial charge in [-0.25, -0.2) is 9.98 Å². The molecule has 0 spiro atoms. The highest BCUT2D eigenvalue weighted by Crippen LogP contribution is 2.26. The van der Waals surface area contributed by atoms with E-state index in [1.54, 1.807) is 6.20 Å². The van der Waals surface area contributed by atoms with Gasteiger partial charge in [0.25, 0.3) is 0 Å². The van der Waals surface area contributed by atoms with Gasteiger partial charge >= 0.3 is 5.97 Å². The first-order valence-corrected chi connectivity index (χ1v) is 10.3. The summed E-state index contributed by atoms with van der Waals surface area (Å²) in [6.07, 6.45) is 6.69. The number of likely N-dealkylation sites (tertiary alicyclic amines) is 1. The molecule has 3 rings (SSSR count). The summed E-state index contributed by atoms with van der Waals surface area (Å²) in [7, 11) is 1.45. The third-order valence-corrected chi connectivity index (χ3v) is 5.58. The van der Waals surface area contributed by atoms with E-state index in [1.807, 2.05) is 19.1 Å². The minimum atomic E-state index is -0.148. The SMILES string of the molecule is CCNC(=NCc1cccnc1OC1CCCC1)N1CC(C)C(C(=O)OC)C1. The highest BCUT2D eigenvalue weighted by Gasteiger charge is 2.36. The minimum absolute atomic E-state index is 0.117. The molecule has 0 amide bonds. The smallest absolute Gasteiger partial charge is 0.310 e. The molecule has 1 aromatic rings. The van der Waals surface area contributed by atoms with Crippen molar-refractivity contribution in [3.63, 3.8) is 0 Å². The Labute approximate surface area is 167 Å². The Bertz CT molecular complexity index is 688. The zero-order chi connectivity index (χ0) is 19.9. The second kappa shape index (κ2) is 9.75. The van der Waals surface area contributed by atoms with Crippen molar-refractivity contribution in [1.29, 1.82) is 0 Å². The molecule has 28 heavy (non-hydrogen) atoms. The molecule has 1 saturated heterocycles. The van der Waals surface area contributed by atoms with Crippen LogP contribution in [0.2, 0.25) is 0 Å². The lowest BCUT2D eigenvalue weighted by Crippen LogP contribution is -2.40. The maximum absolute atomic E-state index is 12.0. The first-order chi connectivity index (χ1) is 13.6. The van der Waals surface area contributed by atoms with Gasteiger partial charge in [-0.05, 0) is 44.6 Å². The van der Waals surface area contributed by atoms with E-state index in [0.29, 0.717) is 19.0 Å². The van der Waals surface area contributed by atoms with Crippen LogP contribution in [0.3, 0.4) is 0 Å². The lowest BCUT2D eigenvalue weighted by Gasteiger charge is -2.21. The third-order valence-electron chi connectivity index (χ3n) is 5.58. The Morgan fingerprint density at radius 2 is 2.14 bits per heavy atom. The van der Waals surface area contributed by atoms with Gasteiger partial charge in [-0.1, -0.05) is 13.0 Å². The summed E-state index contributed by atoms with van der Waals surface area (Å²) in [6, 6.07) is 3.94. The number of guanidine groups is 1. The lowest BCUT2D eigenvalue weighted by molar-refractivity contribution is -0.145. The number of esters is 1. The minimum Gasteiger partial charge on any atom is -0.474 e. The third kappa shape index (κ3) is 4.94. The number of methoxy groups -OCH3 is 1. The highest BCUT2D eigenvalue weighted by atomic mass is 16.5. The Hall–Kier alpha value is -2.31. The van der Waals surface area contributed by atoms with Crippen molar-refractivity contribution in [2.45, 2.75) is 52.2 Å². The van der Waals surface area contributed by atoms with Gasteiger partial charge in [-0.2, -0.15) is 0 Å². The number of hydrogen-bond acceptors (Lipinski definition) is 5. The Morgan fingerprint density at radius 1 is 1.36 bits per heavy atom. The fraction of sp³-hybridized carbons (Fsp3) is 0.667. The molecule has 2 atom stereocenters. The molecule has 0 radical (unpaired) electrons. The van der Waals surface area contributed by atoms with Crippen molar-refractivity contribution in [2.75, 3.05) is 26.7 Å². The van der Waals surface area contributed by atoms with E-state index in [9.17, 15) is 4.79 Å². The van der Waals surface area contributed by atoms with Gasteiger partial charge in [-0.15, -0.1) is 0 Å². The topological polar surface area (TPSA) is 76.1 Å². The van der Waals surface area contributed by atoms with Crippen molar-refractivity contribution in [3.8, 4) is 5.88 Å². The van der Waals surface area contributed by atoms with Gasteiger partial charge in [-0.3, -0.25) is 4.79 Å². The van der Waals surface area contributed by atoms with Crippen molar-refractivity contribution in [3.05, 3.63) is 23.9 Å². The maximum atomic E-state index is 12.0. The number of aliphatic imine (C=N–C) groups is 1. The number of rotatable bonds is 6. The van der Waals surface area contributed by atoms with E-state index in [1.165, 1.54) is 20.0 Å². The van der Waals surface area contributed by atoms with Crippen LogP contribution in [0.5, 0.6) is 5.88 Å². The molecular formula is C21H32N4O3. The molecule has 0 bridgehead atoms. The second-order valence-electron chi connectivity index (χ2n) is 7.67. The van der Waals surface area contributed by atoms with Crippen LogP contribution >= 0.6 is 0 Å². The standard InChI is InChI=1S/C21H32N4O3/c1-4-22-21(25-13-15(2)18(14-25)20(26)27-3)24-12-16-8-7-11-23-19(16)28-17-9-5-6-10-17/h7-8,11,15,17-18H,4-6,9-10,12-14H2,1-3H3,(H,22,24). The van der Waals surface area contributed by atoms with E-state index in [2.05, 4.69) is 22.1 Å². The number of hydrogen-bond donors (Lipinski definition) is 1. The van der Waals surface area contributed by atoms with E-state index in [-0.39, 0.29) is 23.9 Å². The average Bonchev–Trinajstić information content (AvgIpc) is 3.35. The maximum Gasteiger partial charge on any atom is 0.310 e. The lowest BCUT2D eigenvalue weighted by atomic mass is 9.99. The highest BCUT2D eigenvalue weighted by molar-refractivity contribution is 5.82. The van der Waals surface area contributed by atoms with E-state index in [4.69, 9.17) is 14.5 Å². The summed E-state index contributed by atoms with van der Waals surface area (Å²) in [5, 5.41) is 3.35. The summed E-state index contributed by atoms with van der Waals surface area (Å²) < 4.78 is 11.1. The van der Waals surface area contributed by atoms with Crippen LogP contribution in [0.4, 0.5) is 0 Å². The van der Waals surface area contributed by atoms with Crippen molar-refractivity contribution >= 4 is 11.9 Å². The van der Waals surface area contributed by atoms with Crippen LogP contribution in [0.15, 0.2) is 23.3 Å². The number of ether oxygens (including phenoxy) is 2. The van der Waals surface area contributed by atoms with Gasteiger partial charge in [0.05, 0.1) is 19.6 Å². The van der Waals surface area contributed by atoms with E-state index >= 15 is 0 Å². The van der Waals surface area contributed by atoms with Crippen LogP contribution in [-0.4, -0.2) is 54.7 Å². The summed E-state index contributed by atoms with van der Waals surface area (Å²) >= 11 is 0. The van der Waals surface area contributed by atoms with Gasteiger partial charge in [0.1, 0.15) is 6.10 Å². The van der Waals surface area contributed by atoms with Crippen LogP contribution in [0, 0.1) is 11.8 Å². The molecule has 2 fully saturated rings. The fourth-order valence-corrected chi connectivity index (χ4v) is 4.00. The monoisotopic (exact) mass is 388 g/mol. The number of aromatic nitrogens is 1. The molecule has 1 N–H and O–H groups in total. The van der Waals surface area contributed by atoms with E-state index < -0.39 is 0 Å². The van der Waals surface area contributed by atoms with Crippen LogP contribution in [-0.2, 0) is 16.1 Å². The number of nitrogens with zero attached hydrogens (tertiary/aromatic N) is 3. The predicted molar refractivity (Wildman–Crippen MR) is 108 cm³/mol. The van der Waals surface area contributed by atoms with Crippen molar-refractivity contribution in [1.82, 2.24) is 15.2 Å². The summed E-state index contributed by atoms with van der Waals surface area (Å²) in [5.41, 5.74) is 0.988. The Kier molecular flexibility index (Phi) is 7.12. The quantitative estimate of drug-likeness (QED) is 0.459. The Morgan fingerprint density at radius 3 is 2.86 bits per heavy atom. The molecule has 1 aliphatic carbocycles. The summed E-state index contributed by atoms with van der Waals surface area (Å²) in [5.74, 6) is 1.47. The second-order valence-corrected chi connectivity index (χ2v) is 7.67. The summed E-state index contributed by atoms with van der Waals surface area (Å²) in [6.45, 7) is 6.80. The zero-order valence-corrected chi connectivity index (χ0v) is 17.2. The Balaban J connectivity index is 1.70. The van der Waals surface area contributed by atoms with Crippen LogP contribution in [0.25, 0.3) is 0 Å². The first kappa shape index (κ1) is 20.4. The van der Waals surface area contributed by atoms with Gasteiger partial charge in [0.2, 0.25) is 5.88 Å². The zero-order valence-electron chi connectivity index (χ0n) is 17.2. The number of carbonyl (C=O) groups excluding carboxylic acids is 1. The predicted octanol–water partition coefficient (Wildman–Crippen LogP) is 2.61. The first-order valence-electron chi connectivity index (χ1n) is 10.3. The molecule has 0 aromatic carbocycles. The van der Waals surface area contributed by atoms with Gasteiger partial charge in [0.15, 0.2) is 5.96 Å². The summed E-state index contributed by atoms with van der Waals surface area (Å²) in [4.78, 5) is 23.4. The van der Waals surface area contributed by atoms with Crippen LogP contribution < -0.4 is 10.1 Å². The normalized spacial score (nSPS) is 23.1. The molecule has 7 heteroatoms. The number of nitrogens with one attached hydrogen (secondary N) is 1. The number of carbonyl (C=O) groups is 1. The van der Waals surface area contributed by atoms with Crippen molar-refractivity contribution < 1.29 is 14.3 Å². The molecule has 2 unspecified atom stereocenters. The molecule has 154 valence electrons. The fourth-order valence-electron chi connectivity index (χ4n) is 4.00. The van der Waals surface area contributed by atoms with E-state index in [0.717, 1.165) is 37.5 Å². The number of pyridine rings is 1. The average molecular weight is 389 g/mol. The van der Waals surface area contributed by atoms with Crippen LogP contribution in [0.1, 0.15) is 45.1 Å². The molecular weight excluding hydrogens is 356 g/mol. The molecule has 1 aromatic heterocycles. The molecule has 1 aliphatic heterocycles. The molecule has 2 heterocycles. The molecule has 2 aliphatic rings. The largest absolute Gasteiger partial charge is 0.474 e. The van der Waals surface area contributed by atoms with Gasteiger partial charge in [0, 0.05) is 31.4 Å². The van der Waals surface area contributed by atoms with Crippen molar-refractivity contribution in [2.24, 2.45) is 16.8 Å². The van der Waals surface area contributed by atoms with Gasteiger partial charge < -0.3 is 19.7 Å². The molecule has 7 nitrogen and oxygen atoms in total.